The number of hydrogen-bond donors (Lipinski definition) is 2. The van der Waals surface area contributed by atoms with E-state index in [2.05, 4.69) is 48.6 Å². The molecular weight excluding hydrogens is 374 g/mol. The molecule has 1 aliphatic rings. The molecule has 0 radical (unpaired) electrons. The summed E-state index contributed by atoms with van der Waals surface area (Å²) in [6.07, 6.45) is 7.17. The standard InChI is InChI=1S/C22H34ClN3O2/c1-5-19(6-2)28-21-9-7-8-20(22(21)25-16(3)27)24-14-15-26(4)18-12-10-17(23)11-13-18/h7,9-13,19-22,24H,5-6,8,14-15H2,1-4H3,(H,25,27)/t20-,21+,22+/m0/s1. The van der Waals surface area contributed by atoms with Crippen molar-refractivity contribution in [3.63, 3.8) is 0 Å². The van der Waals surface area contributed by atoms with Gasteiger partial charge in [0.05, 0.1) is 18.2 Å². The number of benzene rings is 1. The smallest absolute Gasteiger partial charge is 0.217 e. The SMILES string of the molecule is CCC(CC)O[C@@H]1C=CC[C@H](NCCN(C)c2ccc(Cl)cc2)[C@H]1NC(C)=O. The molecule has 3 atom stereocenters. The molecule has 2 N–H and O–H groups in total. The van der Waals surface area contributed by atoms with Crippen molar-refractivity contribution in [3.05, 3.63) is 41.4 Å². The minimum Gasteiger partial charge on any atom is -0.373 e. The van der Waals surface area contributed by atoms with Crippen LogP contribution in [0.1, 0.15) is 40.0 Å². The van der Waals surface area contributed by atoms with E-state index < -0.39 is 0 Å². The highest BCUT2D eigenvalue weighted by Gasteiger charge is 2.32. The second-order valence-electron chi connectivity index (χ2n) is 7.39. The summed E-state index contributed by atoms with van der Waals surface area (Å²) in [5.74, 6) is -0.0245. The van der Waals surface area contributed by atoms with Crippen LogP contribution in [0, 0.1) is 0 Å². The molecule has 0 saturated carbocycles. The maximum absolute atomic E-state index is 11.8. The molecule has 0 heterocycles. The fraction of sp³-hybridized carbons (Fsp3) is 0.591. The third-order valence-corrected chi connectivity index (χ3v) is 5.51. The predicted molar refractivity (Wildman–Crippen MR) is 117 cm³/mol. The van der Waals surface area contributed by atoms with Crippen LogP contribution in [0.15, 0.2) is 36.4 Å². The lowest BCUT2D eigenvalue weighted by atomic mass is 9.92. The Kier molecular flexibility index (Phi) is 9.29. The lowest BCUT2D eigenvalue weighted by Crippen LogP contribution is -2.58. The van der Waals surface area contributed by atoms with Gasteiger partial charge in [-0.15, -0.1) is 0 Å². The summed E-state index contributed by atoms with van der Waals surface area (Å²) in [6.45, 7) is 7.50. The third kappa shape index (κ3) is 6.80. The van der Waals surface area contributed by atoms with Gasteiger partial charge in [0.1, 0.15) is 0 Å². The Bertz CT molecular complexity index is 631. The van der Waals surface area contributed by atoms with Crippen LogP contribution in [0.5, 0.6) is 0 Å². The number of rotatable bonds is 10. The maximum atomic E-state index is 11.8. The first-order valence-corrected chi connectivity index (χ1v) is 10.6. The molecule has 0 aliphatic heterocycles. The summed E-state index contributed by atoms with van der Waals surface area (Å²) in [4.78, 5) is 14.0. The van der Waals surface area contributed by atoms with Crippen LogP contribution in [-0.2, 0) is 9.53 Å². The number of nitrogens with zero attached hydrogens (tertiary/aromatic N) is 1. The monoisotopic (exact) mass is 407 g/mol. The molecule has 2 rings (SSSR count). The first kappa shape index (κ1) is 22.7. The summed E-state index contributed by atoms with van der Waals surface area (Å²) in [5.41, 5.74) is 1.13. The number of carbonyl (C=O) groups is 1. The Hall–Kier alpha value is -1.56. The van der Waals surface area contributed by atoms with Crippen molar-refractivity contribution in [3.8, 4) is 0 Å². The van der Waals surface area contributed by atoms with Gasteiger partial charge < -0.3 is 20.3 Å². The Morgan fingerprint density at radius 2 is 1.96 bits per heavy atom. The molecule has 28 heavy (non-hydrogen) atoms. The van der Waals surface area contributed by atoms with E-state index in [1.165, 1.54) is 0 Å². The average molecular weight is 408 g/mol. The van der Waals surface area contributed by atoms with Crippen molar-refractivity contribution in [2.75, 3.05) is 25.0 Å². The number of nitrogens with one attached hydrogen (secondary N) is 2. The summed E-state index contributed by atoms with van der Waals surface area (Å²) in [7, 11) is 2.07. The van der Waals surface area contributed by atoms with E-state index in [9.17, 15) is 4.79 Å². The molecule has 1 amide bonds. The first-order chi connectivity index (χ1) is 13.4. The fourth-order valence-electron chi connectivity index (χ4n) is 3.56. The summed E-state index contributed by atoms with van der Waals surface area (Å²) < 4.78 is 6.28. The molecule has 0 saturated heterocycles. The van der Waals surface area contributed by atoms with E-state index in [-0.39, 0.29) is 30.2 Å². The molecular formula is C22H34ClN3O2. The molecule has 0 bridgehead atoms. The molecule has 1 aliphatic carbocycles. The summed E-state index contributed by atoms with van der Waals surface area (Å²) in [5, 5.41) is 7.46. The number of carbonyl (C=O) groups excluding carboxylic acids is 1. The van der Waals surface area contributed by atoms with Crippen molar-refractivity contribution in [1.82, 2.24) is 10.6 Å². The number of anilines is 1. The normalized spacial score (nSPS) is 21.7. The minimum atomic E-state index is -0.103. The molecule has 156 valence electrons. The molecule has 0 aromatic heterocycles. The molecule has 0 fully saturated rings. The Balaban J connectivity index is 1.94. The maximum Gasteiger partial charge on any atom is 0.217 e. The number of ether oxygens (including phenoxy) is 1. The van der Waals surface area contributed by atoms with Gasteiger partial charge in [-0.25, -0.2) is 0 Å². The van der Waals surface area contributed by atoms with Gasteiger partial charge in [0.25, 0.3) is 0 Å². The van der Waals surface area contributed by atoms with Gasteiger partial charge in [0.15, 0.2) is 0 Å². The van der Waals surface area contributed by atoms with Gasteiger partial charge in [-0.2, -0.15) is 0 Å². The van der Waals surface area contributed by atoms with Crippen LogP contribution in [0.4, 0.5) is 5.69 Å². The van der Waals surface area contributed by atoms with Crippen LogP contribution < -0.4 is 15.5 Å². The number of halogens is 1. The van der Waals surface area contributed by atoms with Crippen LogP contribution in [0.25, 0.3) is 0 Å². The van der Waals surface area contributed by atoms with Gasteiger partial charge in [-0.3, -0.25) is 4.79 Å². The highest BCUT2D eigenvalue weighted by atomic mass is 35.5. The zero-order valence-electron chi connectivity index (χ0n) is 17.5. The topological polar surface area (TPSA) is 53.6 Å². The Morgan fingerprint density at radius 3 is 2.57 bits per heavy atom. The van der Waals surface area contributed by atoms with Crippen molar-refractivity contribution in [2.24, 2.45) is 0 Å². The highest BCUT2D eigenvalue weighted by Crippen LogP contribution is 2.20. The lowest BCUT2D eigenvalue weighted by Gasteiger charge is -2.37. The second kappa shape index (κ2) is 11.4. The molecule has 5 nitrogen and oxygen atoms in total. The van der Waals surface area contributed by atoms with E-state index in [0.29, 0.717) is 0 Å². The van der Waals surface area contributed by atoms with E-state index in [0.717, 1.165) is 43.1 Å². The zero-order valence-corrected chi connectivity index (χ0v) is 18.2. The van der Waals surface area contributed by atoms with Gasteiger partial charge in [0.2, 0.25) is 5.91 Å². The van der Waals surface area contributed by atoms with Crippen molar-refractivity contribution < 1.29 is 9.53 Å². The van der Waals surface area contributed by atoms with Gasteiger partial charge >= 0.3 is 0 Å². The van der Waals surface area contributed by atoms with Crippen molar-refractivity contribution in [1.29, 1.82) is 0 Å². The van der Waals surface area contributed by atoms with Gasteiger partial charge in [0, 0.05) is 43.8 Å². The number of hydrogen-bond acceptors (Lipinski definition) is 4. The Labute approximate surface area is 174 Å². The van der Waals surface area contributed by atoms with Crippen molar-refractivity contribution in [2.45, 2.75) is 64.3 Å². The largest absolute Gasteiger partial charge is 0.373 e. The number of amides is 1. The predicted octanol–water partition coefficient (Wildman–Crippen LogP) is 3.77. The second-order valence-corrected chi connectivity index (χ2v) is 7.82. The minimum absolute atomic E-state index is 0.0245. The Morgan fingerprint density at radius 1 is 1.29 bits per heavy atom. The molecule has 0 unspecified atom stereocenters. The quantitative estimate of drug-likeness (QED) is 0.579. The third-order valence-electron chi connectivity index (χ3n) is 5.25. The summed E-state index contributed by atoms with van der Waals surface area (Å²) in [6, 6.07) is 7.92. The fourth-order valence-corrected chi connectivity index (χ4v) is 3.68. The molecule has 0 spiro atoms. The first-order valence-electron chi connectivity index (χ1n) is 10.2. The van der Waals surface area contributed by atoms with Crippen molar-refractivity contribution >= 4 is 23.2 Å². The highest BCUT2D eigenvalue weighted by molar-refractivity contribution is 6.30. The van der Waals surface area contributed by atoms with Gasteiger partial charge in [-0.05, 0) is 43.5 Å². The zero-order chi connectivity index (χ0) is 20.5. The van der Waals surface area contributed by atoms with E-state index >= 15 is 0 Å². The van der Waals surface area contributed by atoms with Crippen LogP contribution >= 0.6 is 11.6 Å². The van der Waals surface area contributed by atoms with Crippen LogP contribution in [0.3, 0.4) is 0 Å². The van der Waals surface area contributed by atoms with Crippen LogP contribution in [0.2, 0.25) is 5.02 Å². The van der Waals surface area contributed by atoms with Gasteiger partial charge in [-0.1, -0.05) is 37.6 Å². The van der Waals surface area contributed by atoms with E-state index in [1.807, 2.05) is 24.3 Å². The van der Waals surface area contributed by atoms with E-state index in [1.54, 1.807) is 6.92 Å². The van der Waals surface area contributed by atoms with E-state index in [4.69, 9.17) is 16.3 Å². The van der Waals surface area contributed by atoms with Crippen LogP contribution in [-0.4, -0.2) is 50.3 Å². The number of likely N-dealkylation sites (N-methyl/N-ethyl adjacent to an activating group) is 1. The lowest BCUT2D eigenvalue weighted by molar-refractivity contribution is -0.121. The average Bonchev–Trinajstić information content (AvgIpc) is 2.68. The molecule has 1 aromatic carbocycles. The molecule has 6 heteroatoms. The molecule has 1 aromatic rings. The summed E-state index contributed by atoms with van der Waals surface area (Å²) >= 11 is 5.97.